The van der Waals surface area contributed by atoms with Gasteiger partial charge < -0.3 is 15.3 Å². The lowest BCUT2D eigenvalue weighted by Gasteiger charge is -2.23. The fraction of sp³-hybridized carbons (Fsp3) is 0.667. The van der Waals surface area contributed by atoms with Gasteiger partial charge in [-0.3, -0.25) is 4.99 Å². The van der Waals surface area contributed by atoms with Crippen LogP contribution in [0.5, 0.6) is 0 Å². The Morgan fingerprint density at radius 2 is 1.81 bits per heavy atom. The number of allylic oxidation sites excluding steroid dienone is 1. The summed E-state index contributed by atoms with van der Waals surface area (Å²) in [6, 6.07) is 0. The molecule has 0 bridgehead atoms. The average Bonchev–Trinajstić information content (AvgIpc) is 2.85. The van der Waals surface area contributed by atoms with Crippen molar-refractivity contribution in [2.45, 2.75) is 43.9 Å². The van der Waals surface area contributed by atoms with Crippen molar-refractivity contribution in [3.05, 3.63) is 11.3 Å². The van der Waals surface area contributed by atoms with Crippen LogP contribution in [0.4, 0.5) is 30.7 Å². The maximum Gasteiger partial charge on any atom is 0.431 e. The van der Waals surface area contributed by atoms with Crippen molar-refractivity contribution >= 4 is 20.8 Å². The third-order valence-corrected chi connectivity index (χ3v) is 4.82. The van der Waals surface area contributed by atoms with Gasteiger partial charge in [0.15, 0.2) is 5.04 Å². The standard InChI is InChI=1S/C12H14F7N3O4S/c1-10(2)4-5(22-26-10)27(23,24)12(18,19)6(7(20)11(15,16)17)8(21-3)25-9(13)14/h9H,4,20H2,1-3H3. The van der Waals surface area contributed by atoms with E-state index < -0.39 is 62.1 Å². The normalized spacial score (nSPS) is 19.5. The summed E-state index contributed by atoms with van der Waals surface area (Å²) < 4.78 is 121. The third kappa shape index (κ3) is 4.62. The Hall–Kier alpha value is -2.06. The van der Waals surface area contributed by atoms with Crippen molar-refractivity contribution in [2.75, 3.05) is 7.05 Å². The predicted molar refractivity (Wildman–Crippen MR) is 78.8 cm³/mol. The van der Waals surface area contributed by atoms with Crippen LogP contribution in [0.15, 0.2) is 21.4 Å². The van der Waals surface area contributed by atoms with E-state index in [0.29, 0.717) is 7.05 Å². The van der Waals surface area contributed by atoms with Crippen molar-refractivity contribution in [1.29, 1.82) is 0 Å². The Labute approximate surface area is 148 Å². The summed E-state index contributed by atoms with van der Waals surface area (Å²) in [4.78, 5) is 7.38. The van der Waals surface area contributed by atoms with Crippen molar-refractivity contribution in [1.82, 2.24) is 0 Å². The molecule has 0 aromatic rings. The SMILES string of the molecule is CN=C(OC(F)F)C(=C(N)C(F)(F)F)C(F)(F)S(=O)(=O)C1=NOC(C)(C)C1. The highest BCUT2D eigenvalue weighted by Gasteiger charge is 2.59. The molecule has 0 amide bonds. The average molecular weight is 429 g/mol. The van der Waals surface area contributed by atoms with Gasteiger partial charge in [-0.25, -0.2) is 8.42 Å². The maximum atomic E-state index is 14.7. The van der Waals surface area contributed by atoms with Crippen LogP contribution in [0.25, 0.3) is 0 Å². The largest absolute Gasteiger partial charge is 0.431 e. The smallest absolute Gasteiger partial charge is 0.417 e. The highest BCUT2D eigenvalue weighted by Crippen LogP contribution is 2.41. The molecule has 1 aliphatic heterocycles. The van der Waals surface area contributed by atoms with E-state index >= 15 is 0 Å². The van der Waals surface area contributed by atoms with Crippen molar-refractivity contribution in [3.63, 3.8) is 0 Å². The van der Waals surface area contributed by atoms with Gasteiger partial charge in [-0.1, -0.05) is 5.16 Å². The molecule has 0 unspecified atom stereocenters. The molecule has 0 radical (unpaired) electrons. The van der Waals surface area contributed by atoms with Crippen LogP contribution in [0.1, 0.15) is 20.3 Å². The molecule has 1 heterocycles. The Morgan fingerprint density at radius 3 is 2.15 bits per heavy atom. The van der Waals surface area contributed by atoms with Gasteiger partial charge in [-0.2, -0.15) is 30.7 Å². The van der Waals surface area contributed by atoms with Crippen LogP contribution in [0.3, 0.4) is 0 Å². The van der Waals surface area contributed by atoms with Crippen LogP contribution >= 0.6 is 0 Å². The first-order valence-corrected chi connectivity index (χ1v) is 8.32. The number of ether oxygens (including phenoxy) is 1. The van der Waals surface area contributed by atoms with E-state index in [0.717, 1.165) is 0 Å². The molecule has 0 aromatic carbocycles. The molecule has 7 nitrogen and oxygen atoms in total. The summed E-state index contributed by atoms with van der Waals surface area (Å²) in [6.07, 6.45) is -6.42. The molecule has 0 aromatic heterocycles. The van der Waals surface area contributed by atoms with Crippen molar-refractivity contribution in [2.24, 2.45) is 15.9 Å². The number of rotatable bonds is 4. The molecule has 0 atom stereocenters. The number of aliphatic imine (C=N–C) groups is 1. The molecular weight excluding hydrogens is 415 g/mol. The molecule has 1 aliphatic rings. The molecule has 0 saturated carbocycles. The van der Waals surface area contributed by atoms with Gasteiger partial charge in [-0.15, -0.1) is 0 Å². The van der Waals surface area contributed by atoms with Gasteiger partial charge in [0.1, 0.15) is 16.9 Å². The summed E-state index contributed by atoms with van der Waals surface area (Å²) in [6.45, 7) is -1.34. The second-order valence-corrected chi connectivity index (χ2v) is 7.72. The fourth-order valence-electron chi connectivity index (χ4n) is 1.88. The monoisotopic (exact) mass is 429 g/mol. The number of oxime groups is 1. The van der Waals surface area contributed by atoms with Crippen molar-refractivity contribution < 1.29 is 48.7 Å². The number of alkyl halides is 7. The molecule has 0 fully saturated rings. The zero-order valence-electron chi connectivity index (χ0n) is 13.9. The Bertz CT molecular complexity index is 785. The lowest BCUT2D eigenvalue weighted by Crippen LogP contribution is -2.43. The van der Waals surface area contributed by atoms with Gasteiger partial charge in [0.2, 0.25) is 5.90 Å². The molecule has 0 aliphatic carbocycles. The lowest BCUT2D eigenvalue weighted by atomic mass is 10.1. The predicted octanol–water partition coefficient (Wildman–Crippen LogP) is 2.55. The molecule has 1 rings (SSSR count). The summed E-state index contributed by atoms with van der Waals surface area (Å²) in [5.41, 5.74) is -1.97. The van der Waals surface area contributed by atoms with Crippen LogP contribution < -0.4 is 5.73 Å². The van der Waals surface area contributed by atoms with E-state index in [1.807, 2.05) is 0 Å². The van der Waals surface area contributed by atoms with Crippen LogP contribution in [-0.4, -0.2) is 50.1 Å². The van der Waals surface area contributed by atoms with Gasteiger partial charge in [0.25, 0.3) is 9.84 Å². The molecule has 15 heteroatoms. The van der Waals surface area contributed by atoms with E-state index in [9.17, 15) is 39.2 Å². The minimum absolute atomic E-state index is 0.531. The number of sulfone groups is 1. The van der Waals surface area contributed by atoms with Gasteiger partial charge >= 0.3 is 18.0 Å². The topological polar surface area (TPSA) is 103 Å². The van der Waals surface area contributed by atoms with E-state index in [-0.39, 0.29) is 0 Å². The molecule has 2 N–H and O–H groups in total. The second-order valence-electron chi connectivity index (χ2n) is 5.73. The molecule has 156 valence electrons. The number of nitrogens with zero attached hydrogens (tertiary/aromatic N) is 2. The number of hydrogen-bond donors (Lipinski definition) is 1. The fourth-order valence-corrected chi connectivity index (χ4v) is 3.31. The van der Waals surface area contributed by atoms with E-state index in [1.54, 1.807) is 0 Å². The van der Waals surface area contributed by atoms with Crippen molar-refractivity contribution in [3.8, 4) is 0 Å². The van der Waals surface area contributed by atoms with E-state index in [2.05, 4.69) is 25.5 Å². The van der Waals surface area contributed by atoms with E-state index in [1.165, 1.54) is 13.8 Å². The first-order chi connectivity index (χ1) is 12.0. The van der Waals surface area contributed by atoms with E-state index in [4.69, 9.17) is 0 Å². The molecular formula is C12H14F7N3O4S. The zero-order valence-corrected chi connectivity index (χ0v) is 14.8. The third-order valence-electron chi connectivity index (χ3n) is 3.10. The highest BCUT2D eigenvalue weighted by atomic mass is 32.2. The Morgan fingerprint density at radius 1 is 1.30 bits per heavy atom. The number of nitrogens with two attached hydrogens (primary N) is 1. The van der Waals surface area contributed by atoms with Crippen LogP contribution in [0, 0.1) is 0 Å². The zero-order chi connectivity index (χ0) is 21.4. The van der Waals surface area contributed by atoms with Crippen LogP contribution in [0.2, 0.25) is 0 Å². The summed E-state index contributed by atoms with van der Waals surface area (Å²) in [7, 11) is -5.43. The maximum absolute atomic E-state index is 14.7. The van der Waals surface area contributed by atoms with Gasteiger partial charge in [0, 0.05) is 13.5 Å². The summed E-state index contributed by atoms with van der Waals surface area (Å²) in [5.74, 6) is -1.99. The molecule has 0 spiro atoms. The van der Waals surface area contributed by atoms with Gasteiger partial charge in [0.05, 0.1) is 0 Å². The minimum atomic E-state index is -5.96. The minimum Gasteiger partial charge on any atom is -0.417 e. The molecule has 0 saturated heterocycles. The summed E-state index contributed by atoms with van der Waals surface area (Å²) >= 11 is 0. The lowest BCUT2D eigenvalue weighted by molar-refractivity contribution is -0.0961. The first-order valence-electron chi connectivity index (χ1n) is 6.84. The van der Waals surface area contributed by atoms with Gasteiger partial charge in [-0.05, 0) is 13.8 Å². The Kier molecular flexibility index (Phi) is 6.10. The molecule has 27 heavy (non-hydrogen) atoms. The highest BCUT2D eigenvalue weighted by molar-refractivity contribution is 8.07. The number of halogens is 7. The quantitative estimate of drug-likeness (QED) is 0.420. The summed E-state index contributed by atoms with van der Waals surface area (Å²) in [5, 5.41) is -3.80. The second kappa shape index (κ2) is 7.16. The number of hydrogen-bond acceptors (Lipinski definition) is 7. The Balaban J connectivity index is 3.67. The van der Waals surface area contributed by atoms with Crippen LogP contribution in [-0.2, 0) is 19.4 Å². The first kappa shape index (κ1) is 23.0.